The van der Waals surface area contributed by atoms with E-state index in [1.165, 1.54) is 25.7 Å². The van der Waals surface area contributed by atoms with Crippen molar-refractivity contribution in [2.24, 2.45) is 5.92 Å². The summed E-state index contributed by atoms with van der Waals surface area (Å²) >= 11 is 0. The Labute approximate surface area is 81.6 Å². The van der Waals surface area contributed by atoms with Gasteiger partial charge in [-0.15, -0.1) is 0 Å². The van der Waals surface area contributed by atoms with Crippen molar-refractivity contribution in [2.75, 3.05) is 20.3 Å². The van der Waals surface area contributed by atoms with E-state index in [2.05, 4.69) is 6.92 Å². The van der Waals surface area contributed by atoms with Crippen molar-refractivity contribution < 1.29 is 9.47 Å². The Bertz CT molecular complexity index is 115. The zero-order valence-electron chi connectivity index (χ0n) is 8.92. The molecule has 0 amide bonds. The lowest BCUT2D eigenvalue weighted by molar-refractivity contribution is 0.0284. The molecule has 0 unspecified atom stereocenters. The van der Waals surface area contributed by atoms with Crippen LogP contribution in [0.4, 0.5) is 0 Å². The Morgan fingerprint density at radius 2 is 1.85 bits per heavy atom. The second-order valence-electron chi connectivity index (χ2n) is 3.95. The van der Waals surface area contributed by atoms with E-state index in [1.807, 2.05) is 7.11 Å². The van der Waals surface area contributed by atoms with Crippen LogP contribution < -0.4 is 0 Å². The zero-order chi connectivity index (χ0) is 9.52. The third-order valence-electron chi connectivity index (χ3n) is 2.83. The predicted molar refractivity (Wildman–Crippen MR) is 53.9 cm³/mol. The highest BCUT2D eigenvalue weighted by Crippen LogP contribution is 2.25. The van der Waals surface area contributed by atoms with E-state index in [9.17, 15) is 0 Å². The minimum atomic E-state index is 0.516. The van der Waals surface area contributed by atoms with Gasteiger partial charge in [-0.1, -0.05) is 6.92 Å². The van der Waals surface area contributed by atoms with Crippen molar-refractivity contribution in [3.05, 3.63) is 0 Å². The highest BCUT2D eigenvalue weighted by atomic mass is 16.5. The highest BCUT2D eigenvalue weighted by molar-refractivity contribution is 4.72. The van der Waals surface area contributed by atoms with Gasteiger partial charge in [-0.05, 0) is 38.0 Å². The van der Waals surface area contributed by atoms with Gasteiger partial charge >= 0.3 is 0 Å². The van der Waals surface area contributed by atoms with Crippen molar-refractivity contribution in [1.82, 2.24) is 0 Å². The molecule has 1 fully saturated rings. The van der Waals surface area contributed by atoms with Crippen LogP contribution in [0.25, 0.3) is 0 Å². The van der Waals surface area contributed by atoms with Gasteiger partial charge in [0, 0.05) is 20.3 Å². The molecule has 13 heavy (non-hydrogen) atoms. The van der Waals surface area contributed by atoms with Crippen LogP contribution >= 0.6 is 0 Å². The van der Waals surface area contributed by atoms with Gasteiger partial charge in [-0.25, -0.2) is 0 Å². The van der Waals surface area contributed by atoms with Gasteiger partial charge in [0.2, 0.25) is 0 Å². The van der Waals surface area contributed by atoms with Crippen molar-refractivity contribution in [3.63, 3.8) is 0 Å². The molecule has 1 rings (SSSR count). The lowest BCUT2D eigenvalue weighted by Crippen LogP contribution is -2.23. The van der Waals surface area contributed by atoms with Crippen LogP contribution in [0.2, 0.25) is 0 Å². The normalized spacial score (nSPS) is 29.1. The van der Waals surface area contributed by atoms with Crippen LogP contribution in [-0.4, -0.2) is 26.4 Å². The molecule has 0 bridgehead atoms. The SMILES string of the molecule is CCCOCC1CCC(OC)CC1. The first kappa shape index (κ1) is 11.0. The molecule has 0 aromatic rings. The van der Waals surface area contributed by atoms with Crippen molar-refractivity contribution >= 4 is 0 Å². The van der Waals surface area contributed by atoms with Gasteiger partial charge in [0.05, 0.1) is 6.10 Å². The average Bonchev–Trinajstić information content (AvgIpc) is 2.19. The molecule has 0 atom stereocenters. The van der Waals surface area contributed by atoms with Crippen LogP contribution in [0.3, 0.4) is 0 Å². The molecule has 2 heteroatoms. The third kappa shape index (κ3) is 4.10. The molecular weight excluding hydrogens is 164 g/mol. The van der Waals surface area contributed by atoms with Crippen LogP contribution in [-0.2, 0) is 9.47 Å². The molecule has 78 valence electrons. The molecule has 0 aromatic heterocycles. The quantitative estimate of drug-likeness (QED) is 0.614. The first-order valence-electron chi connectivity index (χ1n) is 5.47. The van der Waals surface area contributed by atoms with Crippen LogP contribution in [0.5, 0.6) is 0 Å². The zero-order valence-corrected chi connectivity index (χ0v) is 8.92. The average molecular weight is 186 g/mol. The molecule has 0 radical (unpaired) electrons. The molecule has 1 saturated carbocycles. The first-order chi connectivity index (χ1) is 6.36. The van der Waals surface area contributed by atoms with Crippen molar-refractivity contribution in [2.45, 2.75) is 45.1 Å². The number of rotatable bonds is 5. The summed E-state index contributed by atoms with van der Waals surface area (Å²) in [5, 5.41) is 0. The van der Waals surface area contributed by atoms with E-state index >= 15 is 0 Å². The van der Waals surface area contributed by atoms with E-state index in [0.29, 0.717) is 6.10 Å². The Hall–Kier alpha value is -0.0800. The second-order valence-corrected chi connectivity index (χ2v) is 3.95. The first-order valence-corrected chi connectivity index (χ1v) is 5.47. The molecule has 0 spiro atoms. The summed E-state index contributed by atoms with van der Waals surface area (Å²) in [6.45, 7) is 4.04. The minimum absolute atomic E-state index is 0.516. The smallest absolute Gasteiger partial charge is 0.0571 e. The number of hydrogen-bond acceptors (Lipinski definition) is 2. The van der Waals surface area contributed by atoms with Gasteiger partial charge in [-0.2, -0.15) is 0 Å². The molecule has 1 aliphatic rings. The highest BCUT2D eigenvalue weighted by Gasteiger charge is 2.20. The number of methoxy groups -OCH3 is 1. The largest absolute Gasteiger partial charge is 0.381 e. The number of hydrogen-bond donors (Lipinski definition) is 0. The van der Waals surface area contributed by atoms with E-state index in [0.717, 1.165) is 25.6 Å². The molecule has 0 aliphatic heterocycles. The lowest BCUT2D eigenvalue weighted by atomic mass is 9.88. The molecule has 0 aromatic carbocycles. The maximum Gasteiger partial charge on any atom is 0.0571 e. The van der Waals surface area contributed by atoms with Gasteiger partial charge in [0.15, 0.2) is 0 Å². The molecule has 1 aliphatic carbocycles. The minimum Gasteiger partial charge on any atom is -0.381 e. The Morgan fingerprint density at radius 3 is 2.38 bits per heavy atom. The van der Waals surface area contributed by atoms with E-state index in [4.69, 9.17) is 9.47 Å². The van der Waals surface area contributed by atoms with Crippen LogP contribution in [0.15, 0.2) is 0 Å². The van der Waals surface area contributed by atoms with Gasteiger partial charge in [0.1, 0.15) is 0 Å². The van der Waals surface area contributed by atoms with Gasteiger partial charge in [-0.3, -0.25) is 0 Å². The summed E-state index contributed by atoms with van der Waals surface area (Å²) < 4.78 is 10.9. The second kappa shape index (κ2) is 6.39. The number of ether oxygens (including phenoxy) is 2. The summed E-state index contributed by atoms with van der Waals surface area (Å²) in [6.07, 6.45) is 6.65. The van der Waals surface area contributed by atoms with E-state index in [1.54, 1.807) is 0 Å². The standard InChI is InChI=1S/C11H22O2/c1-3-8-13-9-10-4-6-11(12-2)7-5-10/h10-11H,3-9H2,1-2H3. The Balaban J connectivity index is 2.03. The van der Waals surface area contributed by atoms with Gasteiger partial charge in [0.25, 0.3) is 0 Å². The van der Waals surface area contributed by atoms with Crippen LogP contribution in [0, 0.1) is 5.92 Å². The Morgan fingerprint density at radius 1 is 1.15 bits per heavy atom. The topological polar surface area (TPSA) is 18.5 Å². The van der Waals surface area contributed by atoms with Crippen molar-refractivity contribution in [3.8, 4) is 0 Å². The van der Waals surface area contributed by atoms with Crippen molar-refractivity contribution in [1.29, 1.82) is 0 Å². The van der Waals surface area contributed by atoms with E-state index in [-0.39, 0.29) is 0 Å². The molecule has 0 N–H and O–H groups in total. The molecule has 2 nitrogen and oxygen atoms in total. The fourth-order valence-corrected chi connectivity index (χ4v) is 1.93. The summed E-state index contributed by atoms with van der Waals surface area (Å²) in [7, 11) is 1.82. The van der Waals surface area contributed by atoms with Crippen LogP contribution in [0.1, 0.15) is 39.0 Å². The molecule has 0 heterocycles. The fraction of sp³-hybridized carbons (Fsp3) is 1.00. The fourth-order valence-electron chi connectivity index (χ4n) is 1.93. The summed E-state index contributed by atoms with van der Waals surface area (Å²) in [6, 6.07) is 0. The third-order valence-corrected chi connectivity index (χ3v) is 2.83. The summed E-state index contributed by atoms with van der Waals surface area (Å²) in [4.78, 5) is 0. The maximum absolute atomic E-state index is 5.55. The van der Waals surface area contributed by atoms with E-state index < -0.39 is 0 Å². The summed E-state index contributed by atoms with van der Waals surface area (Å²) in [5.41, 5.74) is 0. The molecular formula is C11H22O2. The monoisotopic (exact) mass is 186 g/mol. The Kier molecular flexibility index (Phi) is 5.40. The predicted octanol–water partition coefficient (Wildman–Crippen LogP) is 2.62. The van der Waals surface area contributed by atoms with Gasteiger partial charge < -0.3 is 9.47 Å². The lowest BCUT2D eigenvalue weighted by Gasteiger charge is -2.27. The molecule has 0 saturated heterocycles. The maximum atomic E-state index is 5.55. The summed E-state index contributed by atoms with van der Waals surface area (Å²) in [5.74, 6) is 0.790.